The highest BCUT2D eigenvalue weighted by molar-refractivity contribution is 7.89. The maximum Gasteiger partial charge on any atom is 0.272 e. The zero-order valence-electron chi connectivity index (χ0n) is 15.8. The van der Waals surface area contributed by atoms with E-state index >= 15 is 0 Å². The molecule has 0 aliphatic carbocycles. The fourth-order valence-electron chi connectivity index (χ4n) is 2.94. The Bertz CT molecular complexity index is 1080. The lowest BCUT2D eigenvalue weighted by Gasteiger charge is -2.20. The fourth-order valence-corrected chi connectivity index (χ4v) is 3.48. The first kappa shape index (κ1) is 20.5. The molecule has 152 valence electrons. The molecule has 10 heteroatoms. The van der Waals surface area contributed by atoms with Crippen LogP contribution in [0, 0.1) is 0 Å². The van der Waals surface area contributed by atoms with E-state index in [1.807, 2.05) is 18.2 Å². The van der Waals surface area contributed by atoms with Crippen molar-refractivity contribution in [2.45, 2.75) is 24.3 Å². The molecule has 0 bridgehead atoms. The number of anilines is 2. The van der Waals surface area contributed by atoms with E-state index in [-0.39, 0.29) is 34.2 Å². The van der Waals surface area contributed by atoms with Crippen molar-refractivity contribution in [2.24, 2.45) is 10.2 Å². The number of rotatable bonds is 6. The van der Waals surface area contributed by atoms with Crippen molar-refractivity contribution < 1.29 is 22.7 Å². The molecule has 1 atom stereocenters. The third-order valence-electron chi connectivity index (χ3n) is 4.41. The summed E-state index contributed by atoms with van der Waals surface area (Å²) < 4.78 is 28.4. The number of sulfonamides is 1. The Morgan fingerprint density at radius 3 is 2.48 bits per heavy atom. The van der Waals surface area contributed by atoms with Crippen LogP contribution in [0.2, 0.25) is 0 Å². The Morgan fingerprint density at radius 2 is 1.90 bits per heavy atom. The minimum Gasteiger partial charge on any atom is -0.495 e. The number of ketones is 1. The first-order chi connectivity index (χ1) is 13.7. The van der Waals surface area contributed by atoms with E-state index in [0.29, 0.717) is 5.69 Å². The number of benzene rings is 2. The normalized spacial score (nSPS) is 16.3. The van der Waals surface area contributed by atoms with E-state index in [4.69, 9.17) is 9.88 Å². The monoisotopic (exact) mass is 416 g/mol. The lowest BCUT2D eigenvalue weighted by Crippen LogP contribution is -2.33. The van der Waals surface area contributed by atoms with Gasteiger partial charge in [0.15, 0.2) is 5.78 Å². The first-order valence-electron chi connectivity index (χ1n) is 8.65. The summed E-state index contributed by atoms with van der Waals surface area (Å²) in [6.45, 7) is 1.44. The lowest BCUT2D eigenvalue weighted by atomic mass is 10.1. The molecule has 0 saturated carbocycles. The van der Waals surface area contributed by atoms with Gasteiger partial charge in [0.05, 0.1) is 23.4 Å². The van der Waals surface area contributed by atoms with E-state index in [1.54, 1.807) is 12.1 Å². The molecule has 0 saturated heterocycles. The van der Waals surface area contributed by atoms with Gasteiger partial charge >= 0.3 is 0 Å². The number of nitrogens with one attached hydrogen (secondary N) is 1. The van der Waals surface area contributed by atoms with Crippen molar-refractivity contribution >= 4 is 38.8 Å². The summed E-state index contributed by atoms with van der Waals surface area (Å²) in [7, 11) is -2.57. The van der Waals surface area contributed by atoms with Crippen LogP contribution < -0.4 is 20.2 Å². The van der Waals surface area contributed by atoms with Gasteiger partial charge in [0, 0.05) is 6.42 Å². The minimum absolute atomic E-state index is 0.118. The van der Waals surface area contributed by atoms with Crippen molar-refractivity contribution in [1.82, 2.24) is 0 Å². The van der Waals surface area contributed by atoms with Gasteiger partial charge in [-0.15, -0.1) is 0 Å². The number of Topliss-reactive ketones (excluding diaryl/α,β-unsaturated/α-hetero) is 1. The largest absolute Gasteiger partial charge is 0.495 e. The van der Waals surface area contributed by atoms with Gasteiger partial charge in [-0.2, -0.15) is 5.10 Å². The second-order valence-electron chi connectivity index (χ2n) is 6.42. The number of hydrogen-bond donors (Lipinski definition) is 2. The molecular weight excluding hydrogens is 396 g/mol. The third kappa shape index (κ3) is 4.44. The molecule has 3 rings (SSSR count). The van der Waals surface area contributed by atoms with E-state index in [2.05, 4.69) is 10.4 Å². The number of methoxy groups -OCH3 is 1. The SMILES string of the molecule is COc1ccc(S(N)(=O)=O)cc1NC(=O)C1=NN(c2ccccc2)C(C(C)=O)C1. The summed E-state index contributed by atoms with van der Waals surface area (Å²) in [5.74, 6) is -0.443. The third-order valence-corrected chi connectivity index (χ3v) is 5.32. The molecule has 29 heavy (non-hydrogen) atoms. The predicted molar refractivity (Wildman–Crippen MR) is 108 cm³/mol. The van der Waals surface area contributed by atoms with Crippen LogP contribution in [0.15, 0.2) is 58.5 Å². The molecule has 1 heterocycles. The van der Waals surface area contributed by atoms with Crippen LogP contribution in [0.1, 0.15) is 13.3 Å². The molecule has 1 amide bonds. The molecule has 1 unspecified atom stereocenters. The average molecular weight is 416 g/mol. The highest BCUT2D eigenvalue weighted by Gasteiger charge is 2.34. The second-order valence-corrected chi connectivity index (χ2v) is 7.98. The van der Waals surface area contributed by atoms with Gasteiger partial charge in [0.25, 0.3) is 5.91 Å². The van der Waals surface area contributed by atoms with Crippen molar-refractivity contribution in [3.63, 3.8) is 0 Å². The highest BCUT2D eigenvalue weighted by Crippen LogP contribution is 2.29. The van der Waals surface area contributed by atoms with Gasteiger partial charge in [-0.05, 0) is 37.3 Å². The second kappa shape index (κ2) is 8.02. The maximum absolute atomic E-state index is 12.8. The van der Waals surface area contributed by atoms with E-state index in [9.17, 15) is 18.0 Å². The van der Waals surface area contributed by atoms with E-state index < -0.39 is 22.0 Å². The molecule has 9 nitrogen and oxygen atoms in total. The Labute approximate surface area is 168 Å². The summed E-state index contributed by atoms with van der Waals surface area (Å²) in [4.78, 5) is 24.7. The van der Waals surface area contributed by atoms with Crippen molar-refractivity contribution in [1.29, 1.82) is 0 Å². The summed E-state index contributed by atoms with van der Waals surface area (Å²) in [6, 6.07) is 12.3. The number of hydrazone groups is 1. The topological polar surface area (TPSA) is 131 Å². The molecule has 2 aromatic rings. The van der Waals surface area contributed by atoms with Crippen LogP contribution in [-0.4, -0.2) is 39.0 Å². The summed E-state index contributed by atoms with van der Waals surface area (Å²) in [5, 5.41) is 13.6. The highest BCUT2D eigenvalue weighted by atomic mass is 32.2. The number of primary sulfonamides is 1. The zero-order valence-corrected chi connectivity index (χ0v) is 16.6. The van der Waals surface area contributed by atoms with E-state index in [0.717, 1.165) is 0 Å². The number of ether oxygens (including phenoxy) is 1. The number of hydrogen-bond acceptors (Lipinski definition) is 7. The molecule has 0 radical (unpaired) electrons. The van der Waals surface area contributed by atoms with Crippen molar-refractivity contribution in [3.8, 4) is 5.75 Å². The average Bonchev–Trinajstić information content (AvgIpc) is 3.14. The predicted octanol–water partition coefficient (Wildman–Crippen LogP) is 1.50. The number of nitrogens with two attached hydrogens (primary N) is 1. The molecular formula is C19H20N4O5S. The maximum atomic E-state index is 12.8. The summed E-state index contributed by atoms with van der Waals surface area (Å²) in [6.07, 6.45) is 0.118. The fraction of sp³-hybridized carbons (Fsp3) is 0.211. The summed E-state index contributed by atoms with van der Waals surface area (Å²) in [5.41, 5.74) is 0.950. The number of carbonyl (C=O) groups is 2. The molecule has 1 aliphatic rings. The smallest absolute Gasteiger partial charge is 0.272 e. The molecule has 1 aliphatic heterocycles. The van der Waals surface area contributed by atoms with Gasteiger partial charge in [0.2, 0.25) is 10.0 Å². The zero-order chi connectivity index (χ0) is 21.2. The Kier molecular flexibility index (Phi) is 5.66. The van der Waals surface area contributed by atoms with Gasteiger partial charge in [0.1, 0.15) is 17.5 Å². The minimum atomic E-state index is -3.96. The number of para-hydroxylation sites is 1. The standard InChI is InChI=1S/C19H20N4O5S/c1-12(24)17-11-16(22-23(17)13-6-4-3-5-7-13)19(25)21-15-10-14(29(20,26)27)8-9-18(15)28-2/h3-10,17H,11H2,1-2H3,(H,21,25)(H2,20,26,27). The van der Waals surface area contributed by atoms with Crippen LogP contribution in [0.4, 0.5) is 11.4 Å². The molecule has 0 fully saturated rings. The van der Waals surface area contributed by atoms with Crippen LogP contribution in [0.25, 0.3) is 0 Å². The van der Waals surface area contributed by atoms with Crippen LogP contribution in [0.3, 0.4) is 0 Å². The quantitative estimate of drug-likeness (QED) is 0.734. The Balaban J connectivity index is 1.90. The number of amides is 1. The molecule has 0 aromatic heterocycles. The van der Waals surface area contributed by atoms with Gasteiger partial charge in [-0.25, -0.2) is 13.6 Å². The van der Waals surface area contributed by atoms with Crippen molar-refractivity contribution in [2.75, 3.05) is 17.4 Å². The van der Waals surface area contributed by atoms with Crippen molar-refractivity contribution in [3.05, 3.63) is 48.5 Å². The van der Waals surface area contributed by atoms with Gasteiger partial charge in [-0.3, -0.25) is 14.6 Å². The first-order valence-corrected chi connectivity index (χ1v) is 10.2. The van der Waals surface area contributed by atoms with E-state index in [1.165, 1.54) is 37.2 Å². The van der Waals surface area contributed by atoms with Gasteiger partial charge < -0.3 is 10.1 Å². The van der Waals surface area contributed by atoms with Crippen LogP contribution in [0.5, 0.6) is 5.75 Å². The lowest BCUT2D eigenvalue weighted by molar-refractivity contribution is -0.118. The molecule has 3 N–H and O–H groups in total. The Hall–Kier alpha value is -3.24. The molecule has 2 aromatic carbocycles. The van der Waals surface area contributed by atoms with Crippen LogP contribution in [-0.2, 0) is 19.6 Å². The Morgan fingerprint density at radius 1 is 1.21 bits per heavy atom. The summed E-state index contributed by atoms with van der Waals surface area (Å²) >= 11 is 0. The molecule has 0 spiro atoms. The van der Waals surface area contributed by atoms with Crippen LogP contribution >= 0.6 is 0 Å². The van der Waals surface area contributed by atoms with Gasteiger partial charge in [-0.1, -0.05) is 18.2 Å². The number of carbonyl (C=O) groups excluding carboxylic acids is 2. The number of nitrogens with zero attached hydrogens (tertiary/aromatic N) is 2.